The van der Waals surface area contributed by atoms with Crippen LogP contribution in [-0.4, -0.2) is 41.3 Å². The topological polar surface area (TPSA) is 159 Å². The fourth-order valence-corrected chi connectivity index (χ4v) is 4.01. The first kappa shape index (κ1) is 29.1. The smallest absolute Gasteiger partial charge is 0.414 e. The van der Waals surface area contributed by atoms with Gasteiger partial charge in [-0.1, -0.05) is 68.4 Å². The molecule has 11 nitrogen and oxygen atoms in total. The van der Waals surface area contributed by atoms with E-state index in [4.69, 9.17) is 24.8 Å². The monoisotopic (exact) mass is 535 g/mol. The summed E-state index contributed by atoms with van der Waals surface area (Å²) in [6.07, 6.45) is 0.910. The van der Waals surface area contributed by atoms with Crippen LogP contribution in [0.25, 0.3) is 11.2 Å². The summed E-state index contributed by atoms with van der Waals surface area (Å²) in [6, 6.07) is 18.0. The van der Waals surface area contributed by atoms with Crippen molar-refractivity contribution < 1.29 is 19.8 Å². The number of aryl methyl sites for hydroxylation is 2. The molecule has 11 heteroatoms. The number of hydrogen-bond donors (Lipinski definition) is 4. The van der Waals surface area contributed by atoms with Gasteiger partial charge in [0.25, 0.3) is 5.56 Å². The maximum atomic E-state index is 12.9. The third kappa shape index (κ3) is 7.74. The highest BCUT2D eigenvalue weighted by atomic mass is 16.4. The Kier molecular flexibility index (Phi) is 9.93. The van der Waals surface area contributed by atoms with Crippen LogP contribution in [0.1, 0.15) is 42.8 Å². The van der Waals surface area contributed by atoms with Crippen molar-refractivity contribution in [1.82, 2.24) is 24.4 Å². The molecule has 0 saturated heterocycles. The van der Waals surface area contributed by atoms with Crippen LogP contribution in [-0.2, 0) is 35.8 Å². The Morgan fingerprint density at radius 3 is 2.21 bits per heavy atom. The summed E-state index contributed by atoms with van der Waals surface area (Å²) in [5.74, 6) is -2.41. The molecule has 2 heterocycles. The molecule has 4 aromatic rings. The maximum absolute atomic E-state index is 12.9. The van der Waals surface area contributed by atoms with Gasteiger partial charge in [-0.2, -0.15) is 0 Å². The molecular formula is C28H33N5O6. The molecule has 0 saturated carbocycles. The normalized spacial score (nSPS) is 10.9. The van der Waals surface area contributed by atoms with Gasteiger partial charge < -0.3 is 20.1 Å². The summed E-state index contributed by atoms with van der Waals surface area (Å²) >= 11 is 0. The number of aromatic amines is 1. The largest absolute Gasteiger partial charge is 0.473 e. The zero-order valence-corrected chi connectivity index (χ0v) is 22.2. The van der Waals surface area contributed by atoms with E-state index in [0.717, 1.165) is 17.8 Å². The Morgan fingerprint density at radius 1 is 0.949 bits per heavy atom. The van der Waals surface area contributed by atoms with Gasteiger partial charge in [0.15, 0.2) is 11.2 Å². The molecule has 2 aromatic heterocycles. The average molecular weight is 536 g/mol. The van der Waals surface area contributed by atoms with E-state index < -0.39 is 17.6 Å². The molecule has 0 aliphatic heterocycles. The zero-order chi connectivity index (χ0) is 28.5. The highest BCUT2D eigenvalue weighted by Crippen LogP contribution is 2.16. The SMILES string of the molecule is Cc1ccccc1CNCc1nc2c(c(=O)[nH]c(=O)n2Cc2ccccc2)n1CCC(C)C.O=C(O)C(=O)O. The Morgan fingerprint density at radius 2 is 1.59 bits per heavy atom. The van der Waals surface area contributed by atoms with Crippen LogP contribution in [0, 0.1) is 12.8 Å². The number of carbonyl (C=O) groups is 2. The number of hydrogen-bond acceptors (Lipinski definition) is 6. The first-order valence-electron chi connectivity index (χ1n) is 12.6. The van der Waals surface area contributed by atoms with Gasteiger partial charge in [0.2, 0.25) is 0 Å². The number of carboxylic acids is 2. The van der Waals surface area contributed by atoms with E-state index in [1.165, 1.54) is 11.1 Å². The minimum Gasteiger partial charge on any atom is -0.473 e. The van der Waals surface area contributed by atoms with E-state index in [2.05, 4.69) is 43.2 Å². The minimum atomic E-state index is -1.82. The molecule has 0 aliphatic carbocycles. The quantitative estimate of drug-likeness (QED) is 0.238. The lowest BCUT2D eigenvalue weighted by Crippen LogP contribution is -2.31. The molecule has 2 aromatic carbocycles. The van der Waals surface area contributed by atoms with Crippen LogP contribution in [0.15, 0.2) is 64.2 Å². The van der Waals surface area contributed by atoms with Crippen molar-refractivity contribution in [1.29, 1.82) is 0 Å². The molecule has 39 heavy (non-hydrogen) atoms. The van der Waals surface area contributed by atoms with Crippen LogP contribution < -0.4 is 16.6 Å². The Bertz CT molecular complexity index is 1540. The van der Waals surface area contributed by atoms with Crippen LogP contribution in [0.5, 0.6) is 0 Å². The third-order valence-electron chi connectivity index (χ3n) is 6.12. The van der Waals surface area contributed by atoms with Gasteiger partial charge in [-0.15, -0.1) is 0 Å². The third-order valence-corrected chi connectivity index (χ3v) is 6.12. The van der Waals surface area contributed by atoms with Crippen molar-refractivity contribution in [3.63, 3.8) is 0 Å². The summed E-state index contributed by atoms with van der Waals surface area (Å²) in [5.41, 5.74) is 3.49. The summed E-state index contributed by atoms with van der Waals surface area (Å²) in [4.78, 5) is 51.1. The molecule has 0 bridgehead atoms. The van der Waals surface area contributed by atoms with E-state index in [9.17, 15) is 9.59 Å². The lowest BCUT2D eigenvalue weighted by molar-refractivity contribution is -0.159. The lowest BCUT2D eigenvalue weighted by Gasteiger charge is -2.12. The summed E-state index contributed by atoms with van der Waals surface area (Å²) < 4.78 is 3.53. The van der Waals surface area contributed by atoms with Crippen molar-refractivity contribution in [3.05, 3.63) is 98.0 Å². The molecule has 4 rings (SSSR count). The molecule has 0 spiro atoms. The number of fused-ring (bicyclic) bond motifs is 1. The van der Waals surface area contributed by atoms with Gasteiger partial charge >= 0.3 is 17.6 Å². The molecular weight excluding hydrogens is 502 g/mol. The first-order chi connectivity index (χ1) is 18.6. The number of aromatic nitrogens is 4. The van der Waals surface area contributed by atoms with Crippen LogP contribution >= 0.6 is 0 Å². The average Bonchev–Trinajstić information content (AvgIpc) is 3.26. The molecule has 0 radical (unpaired) electrons. The molecule has 4 N–H and O–H groups in total. The fraction of sp³-hybridized carbons (Fsp3) is 0.321. The highest BCUT2D eigenvalue weighted by molar-refractivity contribution is 6.27. The van der Waals surface area contributed by atoms with Gasteiger partial charge in [-0.05, 0) is 36.0 Å². The second-order valence-corrected chi connectivity index (χ2v) is 9.51. The molecule has 0 unspecified atom stereocenters. The molecule has 0 fully saturated rings. The number of aliphatic carboxylic acids is 2. The standard InChI is InChI=1S/C26H31N5O2.C2H2O4/c1-18(2)13-14-30-22(16-27-15-21-12-8-7-9-19(21)3)28-24-23(30)25(32)29-26(33)31(24)17-20-10-5-4-6-11-20;3-1(4)2(5)6/h4-12,18,27H,13-17H2,1-3H3,(H,29,32,33);(H,3,4)(H,5,6). The summed E-state index contributed by atoms with van der Waals surface area (Å²) in [5, 5.41) is 18.3. The van der Waals surface area contributed by atoms with E-state index >= 15 is 0 Å². The summed E-state index contributed by atoms with van der Waals surface area (Å²) in [7, 11) is 0. The number of imidazole rings is 1. The van der Waals surface area contributed by atoms with Gasteiger partial charge in [0, 0.05) is 13.1 Å². The van der Waals surface area contributed by atoms with E-state index in [1.807, 2.05) is 47.0 Å². The number of carboxylic acid groups (broad SMARTS) is 2. The molecule has 0 atom stereocenters. The number of rotatable bonds is 9. The Hall–Kier alpha value is -4.51. The van der Waals surface area contributed by atoms with Crippen molar-refractivity contribution in [2.24, 2.45) is 5.92 Å². The Balaban J connectivity index is 0.000000631. The van der Waals surface area contributed by atoms with E-state index in [0.29, 0.717) is 43.3 Å². The van der Waals surface area contributed by atoms with Crippen molar-refractivity contribution in [2.75, 3.05) is 0 Å². The van der Waals surface area contributed by atoms with Gasteiger partial charge in [-0.3, -0.25) is 14.3 Å². The number of H-pyrrole nitrogens is 1. The predicted octanol–water partition coefficient (Wildman–Crippen LogP) is 2.73. The first-order valence-corrected chi connectivity index (χ1v) is 12.6. The van der Waals surface area contributed by atoms with Gasteiger partial charge in [0.05, 0.1) is 13.1 Å². The zero-order valence-electron chi connectivity index (χ0n) is 22.2. The molecule has 0 aliphatic rings. The number of benzene rings is 2. The number of nitrogens with zero attached hydrogens (tertiary/aromatic N) is 3. The minimum absolute atomic E-state index is 0.351. The van der Waals surface area contributed by atoms with Crippen molar-refractivity contribution in [2.45, 2.75) is 53.4 Å². The summed E-state index contributed by atoms with van der Waals surface area (Å²) in [6.45, 7) is 8.63. The number of nitrogens with one attached hydrogen (secondary N) is 2. The van der Waals surface area contributed by atoms with Gasteiger partial charge in [-0.25, -0.2) is 19.4 Å². The van der Waals surface area contributed by atoms with E-state index in [-0.39, 0.29) is 5.56 Å². The fourth-order valence-electron chi connectivity index (χ4n) is 4.01. The van der Waals surface area contributed by atoms with Crippen LogP contribution in [0.2, 0.25) is 0 Å². The lowest BCUT2D eigenvalue weighted by atomic mass is 10.1. The van der Waals surface area contributed by atoms with Crippen molar-refractivity contribution >= 4 is 23.1 Å². The van der Waals surface area contributed by atoms with Crippen LogP contribution in [0.4, 0.5) is 0 Å². The predicted molar refractivity (Wildman–Crippen MR) is 147 cm³/mol. The van der Waals surface area contributed by atoms with Crippen molar-refractivity contribution in [3.8, 4) is 0 Å². The second kappa shape index (κ2) is 13.3. The maximum Gasteiger partial charge on any atom is 0.414 e. The highest BCUT2D eigenvalue weighted by Gasteiger charge is 2.19. The molecule has 206 valence electrons. The Labute approximate surface area is 224 Å². The second-order valence-electron chi connectivity index (χ2n) is 9.51. The molecule has 0 amide bonds. The van der Waals surface area contributed by atoms with Crippen LogP contribution in [0.3, 0.4) is 0 Å². The van der Waals surface area contributed by atoms with E-state index in [1.54, 1.807) is 4.57 Å². The van der Waals surface area contributed by atoms with Gasteiger partial charge in [0.1, 0.15) is 5.82 Å².